The highest BCUT2D eigenvalue weighted by molar-refractivity contribution is 7.59. The van der Waals surface area contributed by atoms with E-state index in [0.717, 1.165) is 12.8 Å². The van der Waals surface area contributed by atoms with E-state index < -0.39 is 5.97 Å². The van der Waals surface area contributed by atoms with E-state index in [1.165, 1.54) is 63.5 Å². The van der Waals surface area contributed by atoms with Crippen LogP contribution in [0.5, 0.6) is 0 Å². The molecule has 0 atom stereocenters. The van der Waals surface area contributed by atoms with E-state index in [4.69, 9.17) is 24.0 Å². The molecule has 2 aliphatic rings. The summed E-state index contributed by atoms with van der Waals surface area (Å²) in [5.74, 6) is -1.06. The molecule has 4 N–H and O–H groups in total. The molecule has 0 aromatic heterocycles. The van der Waals surface area contributed by atoms with E-state index in [-0.39, 0.29) is 38.5 Å². The molecule has 2 fully saturated rings. The second-order valence-corrected chi connectivity index (χ2v) is 8.84. The van der Waals surface area contributed by atoms with Crippen molar-refractivity contribution in [2.45, 2.75) is 76.3 Å². The average Bonchev–Trinajstić information content (AvgIpc) is 2.90. The zero-order valence-electron chi connectivity index (χ0n) is 21.1. The highest BCUT2D eigenvalue weighted by atomic mass is 32.1. The number of amides is 1. The molecule has 200 valence electrons. The van der Waals surface area contributed by atoms with Crippen molar-refractivity contribution < 1.29 is 14.7 Å². The molecule has 2 aromatic carbocycles. The summed E-state index contributed by atoms with van der Waals surface area (Å²) in [5, 5.41) is 11.5. The third-order valence-corrected chi connectivity index (χ3v) is 6.05. The Morgan fingerprint density at radius 3 is 1.68 bits per heavy atom. The molecule has 4 rings (SSSR count). The van der Waals surface area contributed by atoms with Crippen LogP contribution in [0.4, 0.5) is 11.4 Å². The molecule has 2 saturated carbocycles. The van der Waals surface area contributed by atoms with Crippen molar-refractivity contribution in [2.24, 2.45) is 5.73 Å². The van der Waals surface area contributed by atoms with Gasteiger partial charge in [0.15, 0.2) is 11.4 Å². The van der Waals surface area contributed by atoms with Crippen molar-refractivity contribution in [1.82, 2.24) is 5.32 Å². The summed E-state index contributed by atoms with van der Waals surface area (Å²) in [6.07, 6.45) is 12.5. The number of carboxylic acids is 1. The zero-order valence-corrected chi connectivity index (χ0v) is 23.1. The topological polar surface area (TPSA) is 101 Å². The molecule has 0 radical (unpaired) electrons. The second-order valence-electron chi connectivity index (χ2n) is 8.84. The molecule has 0 spiro atoms. The number of carbonyl (C=O) groups excluding carboxylic acids is 1. The van der Waals surface area contributed by atoms with Crippen molar-refractivity contribution in [3.63, 3.8) is 0 Å². The molecule has 0 aliphatic heterocycles. The van der Waals surface area contributed by atoms with Gasteiger partial charge in [0.2, 0.25) is 5.91 Å². The van der Waals surface area contributed by atoms with Crippen molar-refractivity contribution in [2.75, 3.05) is 0 Å². The molecule has 2 aromatic rings. The standard InChI is InChI=1S/C14H16N2O.C8H5NO2.C6H13N.2H2S/c1-15-13-9-5-6-11(10-13)14(17)16-12-7-3-2-4-8-12;1-9-7-4-2-3-6(5-7)8(10)11;7-6-4-2-1-3-5-6;;/h5-6,9-10,12H,2-4,7-8H2,(H,16,17);2-5H,(H,10,11);6H,1-5,7H2;2*1H2. The number of rotatable bonds is 3. The average molecular weight is 543 g/mol. The van der Waals surface area contributed by atoms with Gasteiger partial charge in [0.05, 0.1) is 13.1 Å². The molecule has 0 saturated heterocycles. The zero-order chi connectivity index (χ0) is 25.5. The van der Waals surface area contributed by atoms with E-state index in [9.17, 15) is 9.59 Å². The van der Waals surface area contributed by atoms with Gasteiger partial charge in [-0.25, -0.2) is 14.5 Å². The minimum absolute atomic E-state index is 0. The number of benzene rings is 2. The number of hydrogen-bond acceptors (Lipinski definition) is 3. The fourth-order valence-electron chi connectivity index (χ4n) is 4.08. The first-order valence-electron chi connectivity index (χ1n) is 12.2. The first kappa shape index (κ1) is 34.0. The number of aromatic carboxylic acids is 1. The van der Waals surface area contributed by atoms with Gasteiger partial charge in [-0.2, -0.15) is 27.0 Å². The Bertz CT molecular complexity index is 1050. The van der Waals surface area contributed by atoms with Gasteiger partial charge in [-0.1, -0.05) is 74.9 Å². The Kier molecular flexibility index (Phi) is 17.6. The Morgan fingerprint density at radius 2 is 1.24 bits per heavy atom. The molecule has 0 unspecified atom stereocenters. The third-order valence-electron chi connectivity index (χ3n) is 6.05. The van der Waals surface area contributed by atoms with Gasteiger partial charge in [-0.15, -0.1) is 0 Å². The van der Waals surface area contributed by atoms with Gasteiger partial charge in [-0.3, -0.25) is 4.79 Å². The van der Waals surface area contributed by atoms with Crippen LogP contribution >= 0.6 is 27.0 Å². The van der Waals surface area contributed by atoms with Crippen molar-refractivity contribution in [3.8, 4) is 0 Å². The minimum Gasteiger partial charge on any atom is -0.478 e. The minimum atomic E-state index is -1.00. The predicted molar refractivity (Wildman–Crippen MR) is 159 cm³/mol. The van der Waals surface area contributed by atoms with E-state index in [1.807, 2.05) is 0 Å². The number of carboxylic acid groups (broad SMARTS) is 1. The lowest BCUT2D eigenvalue weighted by Gasteiger charge is -2.22. The number of nitrogens with two attached hydrogens (primary N) is 1. The number of hydrogen-bond donors (Lipinski definition) is 3. The lowest BCUT2D eigenvalue weighted by atomic mass is 9.95. The Labute approximate surface area is 234 Å². The highest BCUT2D eigenvalue weighted by Crippen LogP contribution is 2.19. The Morgan fingerprint density at radius 1 is 0.784 bits per heavy atom. The van der Waals surface area contributed by atoms with Crippen LogP contribution in [0.2, 0.25) is 0 Å². The predicted octanol–water partition coefficient (Wildman–Crippen LogP) is 6.74. The monoisotopic (exact) mass is 542 g/mol. The van der Waals surface area contributed by atoms with Crippen LogP contribution in [-0.2, 0) is 0 Å². The van der Waals surface area contributed by atoms with Gasteiger partial charge in [-0.05, 0) is 37.8 Å². The fraction of sp³-hybridized carbons (Fsp3) is 0.429. The van der Waals surface area contributed by atoms with E-state index in [0.29, 0.717) is 29.0 Å². The Balaban J connectivity index is 0.000000560. The third kappa shape index (κ3) is 13.2. The van der Waals surface area contributed by atoms with Crippen LogP contribution in [0.3, 0.4) is 0 Å². The van der Waals surface area contributed by atoms with Crippen molar-refractivity contribution >= 4 is 50.2 Å². The van der Waals surface area contributed by atoms with E-state index in [2.05, 4.69) is 15.0 Å². The maximum Gasteiger partial charge on any atom is 0.334 e. The van der Waals surface area contributed by atoms with Crippen molar-refractivity contribution in [1.29, 1.82) is 0 Å². The number of nitrogens with zero attached hydrogens (tertiary/aromatic N) is 2. The molecule has 0 bridgehead atoms. The number of nitrogens with one attached hydrogen (secondary N) is 1. The normalized spacial score (nSPS) is 14.8. The molecule has 37 heavy (non-hydrogen) atoms. The SMILES string of the molecule is NC1CCCCC1.S.S.[C-]#[N+]c1cccc(C(=O)NC2CCCCC2)c1.[C-]#[N+]c1cccc(C(=O)O)c1. The van der Waals surface area contributed by atoms with Gasteiger partial charge in [0.1, 0.15) is 0 Å². The lowest BCUT2D eigenvalue weighted by Crippen LogP contribution is -2.36. The van der Waals surface area contributed by atoms with Crippen LogP contribution in [0, 0.1) is 13.1 Å². The molecular formula is C28H38N4O3S2. The summed E-state index contributed by atoms with van der Waals surface area (Å²) >= 11 is 0. The van der Waals surface area contributed by atoms with Crippen LogP contribution in [0.1, 0.15) is 84.9 Å². The van der Waals surface area contributed by atoms with Gasteiger partial charge < -0.3 is 16.2 Å². The summed E-state index contributed by atoms with van der Waals surface area (Å²) in [4.78, 5) is 28.8. The second kappa shape index (κ2) is 19.2. The van der Waals surface area contributed by atoms with Crippen LogP contribution in [-0.4, -0.2) is 29.1 Å². The van der Waals surface area contributed by atoms with E-state index >= 15 is 0 Å². The molecule has 1 amide bonds. The fourth-order valence-corrected chi connectivity index (χ4v) is 4.08. The van der Waals surface area contributed by atoms with E-state index in [1.54, 1.807) is 36.4 Å². The smallest absolute Gasteiger partial charge is 0.334 e. The maximum atomic E-state index is 12.0. The summed E-state index contributed by atoms with van der Waals surface area (Å²) in [6.45, 7) is 13.5. The number of carbonyl (C=O) groups is 2. The quantitative estimate of drug-likeness (QED) is 0.374. The van der Waals surface area contributed by atoms with Crippen LogP contribution < -0.4 is 11.1 Å². The van der Waals surface area contributed by atoms with Crippen LogP contribution in [0.25, 0.3) is 9.69 Å². The molecule has 2 aliphatic carbocycles. The van der Waals surface area contributed by atoms with Gasteiger partial charge in [0, 0.05) is 23.2 Å². The summed E-state index contributed by atoms with van der Waals surface area (Å²) in [5.41, 5.74) is 7.24. The summed E-state index contributed by atoms with van der Waals surface area (Å²) in [6, 6.07) is 13.6. The molecule has 7 nitrogen and oxygen atoms in total. The largest absolute Gasteiger partial charge is 0.478 e. The summed E-state index contributed by atoms with van der Waals surface area (Å²) in [7, 11) is 0. The maximum absolute atomic E-state index is 12.0. The lowest BCUT2D eigenvalue weighted by molar-refractivity contribution is 0.0696. The first-order chi connectivity index (χ1) is 16.9. The molecule has 0 heterocycles. The Hall–Kier alpha value is -2.98. The van der Waals surface area contributed by atoms with Crippen molar-refractivity contribution in [3.05, 3.63) is 82.5 Å². The molecular weight excluding hydrogens is 504 g/mol. The highest BCUT2D eigenvalue weighted by Gasteiger charge is 2.16. The first-order valence-corrected chi connectivity index (χ1v) is 12.2. The molecule has 9 heteroatoms. The summed E-state index contributed by atoms with van der Waals surface area (Å²) < 4.78 is 0. The van der Waals surface area contributed by atoms with Gasteiger partial charge >= 0.3 is 5.97 Å². The van der Waals surface area contributed by atoms with Crippen LogP contribution in [0.15, 0.2) is 48.5 Å². The van der Waals surface area contributed by atoms with Gasteiger partial charge in [0.25, 0.3) is 0 Å².